The van der Waals surface area contributed by atoms with E-state index in [4.69, 9.17) is 4.74 Å². The van der Waals surface area contributed by atoms with Gasteiger partial charge in [0.15, 0.2) is 6.23 Å². The van der Waals surface area contributed by atoms with E-state index in [1.807, 2.05) is 24.7 Å². The molecule has 0 aromatic carbocycles. The van der Waals surface area contributed by atoms with Crippen molar-refractivity contribution in [3.63, 3.8) is 0 Å². The number of hydrogen-bond donors (Lipinski definition) is 0. The molecule has 27 heavy (non-hydrogen) atoms. The second-order valence-electron chi connectivity index (χ2n) is 7.48. The summed E-state index contributed by atoms with van der Waals surface area (Å²) in [6.07, 6.45) is 23.5. The SMILES string of the molecule is CCCCCCCOC1C=CC(c2cnc(CCCCCCC)cn2)C=N1. The van der Waals surface area contributed by atoms with Crippen molar-refractivity contribution in [2.75, 3.05) is 6.61 Å². The number of unbranched alkanes of at least 4 members (excludes halogenated alkanes) is 8. The lowest BCUT2D eigenvalue weighted by Gasteiger charge is -2.16. The quantitative estimate of drug-likeness (QED) is 0.296. The van der Waals surface area contributed by atoms with E-state index < -0.39 is 0 Å². The Balaban J connectivity index is 1.66. The molecule has 150 valence electrons. The maximum atomic E-state index is 5.82. The summed E-state index contributed by atoms with van der Waals surface area (Å²) in [4.78, 5) is 13.7. The fourth-order valence-electron chi connectivity index (χ4n) is 3.25. The number of hydrogen-bond acceptors (Lipinski definition) is 4. The van der Waals surface area contributed by atoms with Crippen LogP contribution < -0.4 is 0 Å². The van der Waals surface area contributed by atoms with Crippen LogP contribution >= 0.6 is 0 Å². The van der Waals surface area contributed by atoms with Gasteiger partial charge in [0.2, 0.25) is 0 Å². The predicted molar refractivity (Wildman–Crippen MR) is 113 cm³/mol. The first kappa shape index (κ1) is 21.7. The molecular formula is C23H37N3O. The molecule has 1 aliphatic heterocycles. The number of allylic oxidation sites excluding steroid dienone is 1. The molecule has 0 fully saturated rings. The van der Waals surface area contributed by atoms with Crippen molar-refractivity contribution in [2.24, 2.45) is 4.99 Å². The molecule has 0 saturated heterocycles. The van der Waals surface area contributed by atoms with Crippen LogP contribution in [-0.4, -0.2) is 29.0 Å². The summed E-state index contributed by atoms with van der Waals surface area (Å²) < 4.78 is 5.82. The second kappa shape index (κ2) is 13.6. The van der Waals surface area contributed by atoms with Crippen molar-refractivity contribution < 1.29 is 4.74 Å². The van der Waals surface area contributed by atoms with Crippen LogP contribution in [0.3, 0.4) is 0 Å². The maximum Gasteiger partial charge on any atom is 0.166 e. The lowest BCUT2D eigenvalue weighted by molar-refractivity contribution is 0.0870. The molecule has 0 spiro atoms. The molecule has 2 rings (SSSR count). The minimum absolute atomic E-state index is 0.112. The van der Waals surface area contributed by atoms with E-state index >= 15 is 0 Å². The fourth-order valence-corrected chi connectivity index (χ4v) is 3.25. The zero-order valence-electron chi connectivity index (χ0n) is 17.3. The topological polar surface area (TPSA) is 47.4 Å². The highest BCUT2D eigenvalue weighted by Gasteiger charge is 2.14. The van der Waals surface area contributed by atoms with Crippen molar-refractivity contribution in [2.45, 2.75) is 96.6 Å². The maximum absolute atomic E-state index is 5.82. The van der Waals surface area contributed by atoms with Gasteiger partial charge in [-0.1, -0.05) is 71.3 Å². The van der Waals surface area contributed by atoms with Crippen LogP contribution in [0.4, 0.5) is 0 Å². The van der Waals surface area contributed by atoms with Crippen molar-refractivity contribution >= 4 is 6.21 Å². The molecule has 2 unspecified atom stereocenters. The summed E-state index contributed by atoms with van der Waals surface area (Å²) in [5.74, 6) is 0.112. The van der Waals surface area contributed by atoms with Crippen molar-refractivity contribution in [3.8, 4) is 0 Å². The number of aromatic nitrogens is 2. The molecule has 0 aliphatic carbocycles. The predicted octanol–water partition coefficient (Wildman–Crippen LogP) is 6.03. The van der Waals surface area contributed by atoms with Gasteiger partial charge in [-0.3, -0.25) is 15.0 Å². The van der Waals surface area contributed by atoms with Crippen LogP contribution in [0.15, 0.2) is 29.5 Å². The Morgan fingerprint density at radius 1 is 0.815 bits per heavy atom. The molecule has 0 saturated carbocycles. The van der Waals surface area contributed by atoms with Gasteiger partial charge in [0.05, 0.1) is 17.3 Å². The fraction of sp³-hybridized carbons (Fsp3) is 0.696. The van der Waals surface area contributed by atoms with Crippen molar-refractivity contribution in [3.05, 3.63) is 35.9 Å². The van der Waals surface area contributed by atoms with Gasteiger partial charge in [-0.15, -0.1) is 0 Å². The smallest absolute Gasteiger partial charge is 0.166 e. The van der Waals surface area contributed by atoms with Gasteiger partial charge in [-0.25, -0.2) is 0 Å². The molecule has 1 aliphatic rings. The highest BCUT2D eigenvalue weighted by Crippen LogP contribution is 2.18. The Morgan fingerprint density at radius 3 is 2.19 bits per heavy atom. The van der Waals surface area contributed by atoms with E-state index in [1.54, 1.807) is 0 Å². The van der Waals surface area contributed by atoms with Crippen LogP contribution in [0.1, 0.15) is 95.4 Å². The molecule has 1 aromatic rings. The highest BCUT2D eigenvalue weighted by atomic mass is 16.5. The third-order valence-corrected chi connectivity index (χ3v) is 5.02. The molecule has 4 nitrogen and oxygen atoms in total. The van der Waals surface area contributed by atoms with Gasteiger partial charge in [0.1, 0.15) is 0 Å². The van der Waals surface area contributed by atoms with E-state index in [0.29, 0.717) is 0 Å². The summed E-state index contributed by atoms with van der Waals surface area (Å²) in [6.45, 7) is 5.27. The van der Waals surface area contributed by atoms with Gasteiger partial charge in [0.25, 0.3) is 0 Å². The highest BCUT2D eigenvalue weighted by molar-refractivity contribution is 5.71. The Kier molecular flexibility index (Phi) is 10.9. The number of nitrogens with zero attached hydrogens (tertiary/aromatic N) is 3. The third kappa shape index (κ3) is 8.79. The van der Waals surface area contributed by atoms with Gasteiger partial charge in [0, 0.05) is 25.2 Å². The first-order valence-corrected chi connectivity index (χ1v) is 11.0. The van der Waals surface area contributed by atoms with E-state index in [1.165, 1.54) is 57.8 Å². The van der Waals surface area contributed by atoms with E-state index in [0.717, 1.165) is 30.8 Å². The molecule has 0 bridgehead atoms. The van der Waals surface area contributed by atoms with Crippen LogP contribution in [0.25, 0.3) is 0 Å². The standard InChI is InChI=1S/C23H37N3O/c1-3-5-7-9-11-13-21-18-25-22(19-24-21)20-14-15-23(26-17-20)27-16-12-10-8-6-4-2/h14-15,17-20,23H,3-13,16H2,1-2H3. The Morgan fingerprint density at radius 2 is 1.56 bits per heavy atom. The van der Waals surface area contributed by atoms with Crippen molar-refractivity contribution in [1.29, 1.82) is 0 Å². The molecule has 0 radical (unpaired) electrons. The minimum atomic E-state index is -0.136. The van der Waals surface area contributed by atoms with Gasteiger partial charge >= 0.3 is 0 Å². The average molecular weight is 372 g/mol. The van der Waals surface area contributed by atoms with E-state index in [9.17, 15) is 0 Å². The Bertz CT molecular complexity index is 539. The van der Waals surface area contributed by atoms with Gasteiger partial charge in [-0.05, 0) is 25.3 Å². The molecule has 2 heterocycles. The molecular weight excluding hydrogens is 334 g/mol. The zero-order valence-corrected chi connectivity index (χ0v) is 17.3. The summed E-state index contributed by atoms with van der Waals surface area (Å²) >= 11 is 0. The van der Waals surface area contributed by atoms with Crippen LogP contribution in [0.2, 0.25) is 0 Å². The lowest BCUT2D eigenvalue weighted by Crippen LogP contribution is -2.15. The second-order valence-corrected chi connectivity index (χ2v) is 7.48. The number of ether oxygens (including phenoxy) is 1. The van der Waals surface area contributed by atoms with Gasteiger partial charge in [-0.2, -0.15) is 0 Å². The number of rotatable bonds is 14. The normalized spacial score (nSPS) is 18.9. The summed E-state index contributed by atoms with van der Waals surface area (Å²) in [7, 11) is 0. The molecule has 0 N–H and O–H groups in total. The summed E-state index contributed by atoms with van der Waals surface area (Å²) in [6, 6.07) is 0. The van der Waals surface area contributed by atoms with Gasteiger partial charge < -0.3 is 4.74 Å². The van der Waals surface area contributed by atoms with E-state index in [2.05, 4.69) is 34.9 Å². The molecule has 4 heteroatoms. The van der Waals surface area contributed by atoms with Crippen LogP contribution in [-0.2, 0) is 11.2 Å². The van der Waals surface area contributed by atoms with Crippen molar-refractivity contribution in [1.82, 2.24) is 9.97 Å². The molecule has 1 aromatic heterocycles. The third-order valence-electron chi connectivity index (χ3n) is 5.02. The zero-order chi connectivity index (χ0) is 19.2. The number of aliphatic imine (C=N–C) groups is 1. The minimum Gasteiger partial charge on any atom is -0.353 e. The largest absolute Gasteiger partial charge is 0.353 e. The average Bonchev–Trinajstić information content (AvgIpc) is 2.71. The van der Waals surface area contributed by atoms with E-state index in [-0.39, 0.29) is 12.1 Å². The summed E-state index contributed by atoms with van der Waals surface area (Å²) in [5.41, 5.74) is 2.05. The molecule has 0 amide bonds. The summed E-state index contributed by atoms with van der Waals surface area (Å²) in [5, 5.41) is 0. The lowest BCUT2D eigenvalue weighted by atomic mass is 10.0. The first-order valence-electron chi connectivity index (χ1n) is 11.0. The monoisotopic (exact) mass is 371 g/mol. The first-order chi connectivity index (χ1) is 13.3. The Hall–Kier alpha value is -1.55. The molecule has 2 atom stereocenters. The van der Waals surface area contributed by atoms with Crippen LogP contribution in [0.5, 0.6) is 0 Å². The number of aryl methyl sites for hydroxylation is 1. The van der Waals surface area contributed by atoms with Crippen LogP contribution in [0, 0.1) is 0 Å². The number of dihydropyridines is 1. The Labute approximate surface area is 165 Å².